The van der Waals surface area contributed by atoms with Crippen LogP contribution in [-0.4, -0.2) is 96.7 Å². The third-order valence-electron chi connectivity index (χ3n) is 19.5. The number of benzene rings is 2. The van der Waals surface area contributed by atoms with Crippen LogP contribution in [0.3, 0.4) is 0 Å². The van der Waals surface area contributed by atoms with Crippen LogP contribution in [0.4, 0.5) is 13.2 Å². The molecule has 18 heteroatoms. The molecule has 0 aromatic heterocycles. The minimum absolute atomic E-state index is 0.0246. The lowest BCUT2D eigenvalue weighted by Gasteiger charge is -2.56. The van der Waals surface area contributed by atoms with Gasteiger partial charge in [-0.2, -0.15) is 21.6 Å². The van der Waals surface area contributed by atoms with Crippen LogP contribution in [0.25, 0.3) is 0 Å². The molecule has 4 saturated carbocycles. The quantitative estimate of drug-likeness (QED) is 0.0472. The van der Waals surface area contributed by atoms with E-state index in [9.17, 15) is 36.0 Å². The van der Waals surface area contributed by atoms with Gasteiger partial charge in [0.05, 0.1) is 67.1 Å². The molecule has 6 aliphatic rings. The number of carbonyl (C=O) groups is 3. The molecule has 10 atom stereocenters. The van der Waals surface area contributed by atoms with E-state index in [1.165, 1.54) is 0 Å². The topological polar surface area (TPSA) is 168 Å². The van der Waals surface area contributed by atoms with E-state index in [4.69, 9.17) is 37.9 Å². The number of alkyl halides is 3. The summed E-state index contributed by atoms with van der Waals surface area (Å²) < 4.78 is 116. The summed E-state index contributed by atoms with van der Waals surface area (Å²) >= 11 is 0. The molecule has 4 aliphatic carbocycles. The summed E-state index contributed by atoms with van der Waals surface area (Å²) in [6.07, 6.45) is 7.99. The summed E-state index contributed by atoms with van der Waals surface area (Å²) in [6.45, 7) is 28.0. The Morgan fingerprint density at radius 3 is 1.37 bits per heavy atom. The lowest BCUT2D eigenvalue weighted by molar-refractivity contribution is -0.237. The monoisotopic (exact) mass is 1130 g/mol. The Kier molecular flexibility index (Phi) is 18.4. The zero-order valence-corrected chi connectivity index (χ0v) is 48.5. The second-order valence-electron chi connectivity index (χ2n) is 24.2. The Bertz CT molecular complexity index is 2660. The van der Waals surface area contributed by atoms with Gasteiger partial charge in [-0.25, -0.2) is 0 Å². The summed E-state index contributed by atoms with van der Waals surface area (Å²) in [6, 6.07) is 15.2. The van der Waals surface area contributed by atoms with Crippen LogP contribution in [-0.2, 0) is 70.3 Å². The van der Waals surface area contributed by atoms with E-state index in [0.29, 0.717) is 58.7 Å². The molecule has 6 fully saturated rings. The highest BCUT2D eigenvalue weighted by Crippen LogP contribution is 2.71. The predicted molar refractivity (Wildman–Crippen MR) is 290 cm³/mol. The van der Waals surface area contributed by atoms with Gasteiger partial charge in [-0.05, 0) is 92.7 Å². The van der Waals surface area contributed by atoms with Gasteiger partial charge >= 0.3 is 15.6 Å². The highest BCUT2D eigenvalue weighted by Gasteiger charge is 2.74. The summed E-state index contributed by atoms with van der Waals surface area (Å²) in [4.78, 5) is 42.0. The third-order valence-corrected chi connectivity index (χ3v) is 20.4. The number of rotatable bonds is 22. The molecule has 2 aromatic rings. The molecule has 0 amide bonds. The van der Waals surface area contributed by atoms with Crippen molar-refractivity contribution >= 4 is 27.5 Å². The standard InChI is InChI=1S/C31H41F3O8S.C30H42O6/c1-7-27(4,20-39-19-23-8-10-24(38-6)11-9-23)18-25(35)28(5)21(2)12-13-29(22(3)42-43(36,37)31(32,33)34)14-15-30(26(28)29)40-16-17-41-30;1-7-27(4,20-34-19-23-8-10-24(33-6)11-9-23)18-25(32)28(5)21(2)12-13-29(22(3)31)14-15-30(26(28)29)35-16-17-36-30/h7-11,21,26H,1,3,12-20H2,2,4-6H3;7-11,21,26H,1,12-20H2,2-6H3/t2*21-,26?,27-,28+,29+/m11/s1. The van der Waals surface area contributed by atoms with Crippen molar-refractivity contribution in [2.75, 3.05) is 53.9 Å². The zero-order valence-electron chi connectivity index (χ0n) is 47.7. The van der Waals surface area contributed by atoms with Gasteiger partial charge in [0.15, 0.2) is 11.6 Å². The van der Waals surface area contributed by atoms with E-state index in [2.05, 4.69) is 37.8 Å². The first-order chi connectivity index (χ1) is 37.0. The fraction of sp³-hybridized carbons (Fsp3) is 0.656. The maximum Gasteiger partial charge on any atom is 0.534 e. The fourth-order valence-electron chi connectivity index (χ4n) is 14.3. The van der Waals surface area contributed by atoms with E-state index < -0.39 is 71.4 Å². The van der Waals surface area contributed by atoms with Crippen molar-refractivity contribution in [2.24, 2.45) is 56.2 Å². The third kappa shape index (κ3) is 11.7. The number of methoxy groups -OCH3 is 2. The average molecular weight is 1130 g/mol. The second-order valence-corrected chi connectivity index (χ2v) is 25.7. The van der Waals surface area contributed by atoms with Crippen molar-refractivity contribution < 1.29 is 78.1 Å². The van der Waals surface area contributed by atoms with E-state index in [1.54, 1.807) is 34.1 Å². The van der Waals surface area contributed by atoms with Crippen molar-refractivity contribution in [3.05, 3.63) is 97.3 Å². The molecular weight excluding hydrogens is 1050 g/mol. The van der Waals surface area contributed by atoms with E-state index >= 15 is 0 Å². The van der Waals surface area contributed by atoms with Crippen LogP contribution < -0.4 is 9.47 Å². The van der Waals surface area contributed by atoms with Gasteiger partial charge in [0.25, 0.3) is 0 Å². The Labute approximate surface area is 465 Å². The van der Waals surface area contributed by atoms with Gasteiger partial charge in [-0.15, -0.1) is 13.2 Å². The lowest BCUT2D eigenvalue weighted by atomic mass is 9.48. The Morgan fingerprint density at radius 1 is 0.646 bits per heavy atom. The van der Waals surface area contributed by atoms with Crippen molar-refractivity contribution in [1.82, 2.24) is 0 Å². The number of allylic oxidation sites excluding steroid dienone is 1. The van der Waals surface area contributed by atoms with Gasteiger partial charge in [-0.1, -0.05) is 84.5 Å². The van der Waals surface area contributed by atoms with Gasteiger partial charge in [0.1, 0.15) is 34.6 Å². The first-order valence-electron chi connectivity index (χ1n) is 27.6. The van der Waals surface area contributed by atoms with Crippen LogP contribution in [0, 0.1) is 56.2 Å². The minimum atomic E-state index is -5.97. The van der Waals surface area contributed by atoms with Crippen molar-refractivity contribution in [3.8, 4) is 11.5 Å². The Balaban J connectivity index is 0.000000232. The number of carbonyl (C=O) groups excluding carboxylic acids is 3. The molecule has 2 heterocycles. The van der Waals surface area contributed by atoms with E-state index in [0.717, 1.165) is 35.5 Å². The molecule has 0 bridgehead atoms. The first-order valence-corrected chi connectivity index (χ1v) is 29.0. The van der Waals surface area contributed by atoms with Crippen LogP contribution >= 0.6 is 0 Å². The summed E-state index contributed by atoms with van der Waals surface area (Å²) in [7, 11) is -2.74. The number of halogens is 3. The lowest BCUT2D eigenvalue weighted by Crippen LogP contribution is -2.60. The van der Waals surface area contributed by atoms with Crippen LogP contribution in [0.5, 0.6) is 11.5 Å². The molecule has 2 aliphatic heterocycles. The van der Waals surface area contributed by atoms with Gasteiger partial charge in [0.2, 0.25) is 0 Å². The van der Waals surface area contributed by atoms with Crippen molar-refractivity contribution in [2.45, 2.75) is 143 Å². The normalized spacial score (nSPS) is 31.1. The summed E-state index contributed by atoms with van der Waals surface area (Å²) in [5, 5.41) is 0. The molecule has 8 rings (SSSR count). The predicted octanol–water partition coefficient (Wildman–Crippen LogP) is 11.8. The van der Waals surface area contributed by atoms with Crippen LogP contribution in [0.2, 0.25) is 0 Å². The number of Topliss-reactive ketones (excluding diaryl/α,β-unsaturated/α-hetero) is 3. The smallest absolute Gasteiger partial charge is 0.497 e. The van der Waals surface area contributed by atoms with E-state index in [-0.39, 0.29) is 80.6 Å². The van der Waals surface area contributed by atoms with Crippen molar-refractivity contribution in [3.63, 3.8) is 0 Å². The molecule has 0 N–H and O–H groups in total. The van der Waals surface area contributed by atoms with Crippen molar-refractivity contribution in [1.29, 1.82) is 0 Å². The molecule has 2 saturated heterocycles. The molecule has 79 heavy (non-hydrogen) atoms. The molecule has 2 aromatic carbocycles. The van der Waals surface area contributed by atoms with E-state index in [1.807, 2.05) is 75.4 Å². The Morgan fingerprint density at radius 2 is 1.01 bits per heavy atom. The molecule has 0 radical (unpaired) electrons. The highest BCUT2D eigenvalue weighted by atomic mass is 32.2. The maximum atomic E-state index is 14.5. The van der Waals surface area contributed by atoms with Gasteiger partial charge in [0, 0.05) is 70.0 Å². The fourth-order valence-corrected chi connectivity index (χ4v) is 14.9. The number of hydrogen-bond donors (Lipinski definition) is 0. The Hall–Kier alpha value is -4.43. The average Bonchev–Trinajstić information content (AvgIpc) is 2.66. The maximum absolute atomic E-state index is 14.5. The molecule has 2 unspecified atom stereocenters. The number of hydrogen-bond acceptors (Lipinski definition) is 14. The molecule has 14 nitrogen and oxygen atoms in total. The first kappa shape index (κ1) is 62.2. The summed E-state index contributed by atoms with van der Waals surface area (Å²) in [5.74, 6) is -2.27. The molecule has 2 spiro atoms. The number of fused-ring (bicyclic) bond motifs is 4. The number of ketones is 3. The largest absolute Gasteiger partial charge is 0.534 e. The van der Waals surface area contributed by atoms with Gasteiger partial charge in [-0.3, -0.25) is 14.4 Å². The zero-order chi connectivity index (χ0) is 58.1. The van der Waals surface area contributed by atoms with Crippen LogP contribution in [0.1, 0.15) is 124 Å². The minimum Gasteiger partial charge on any atom is -0.497 e. The number of ether oxygens (including phenoxy) is 8. The molecule has 438 valence electrons. The molecular formula is C61H83F3O14S. The SMILES string of the molecule is C=C[C@@](C)(COCc1ccc(OC)cc1)CC(=O)[C@@]1(C)C2C3(CC[C@]2(C(=C)OS(=O)(=O)C(F)(F)F)CC[C@H]1C)OCCO3.C=C[C@@](C)(COCc1ccc(OC)cc1)CC(=O)[C@@]1(C)C2C3(CC[C@]2(C(C)=O)CC[C@H]1C)OCCO3. The summed E-state index contributed by atoms with van der Waals surface area (Å²) in [5.41, 5.74) is -8.78. The highest BCUT2D eigenvalue weighted by molar-refractivity contribution is 7.87. The second kappa shape index (κ2) is 23.4. The van der Waals surface area contributed by atoms with Crippen LogP contribution in [0.15, 0.2) is 86.2 Å². The van der Waals surface area contributed by atoms with Gasteiger partial charge < -0.3 is 42.1 Å².